The number of amides is 1. The summed E-state index contributed by atoms with van der Waals surface area (Å²) in [7, 11) is 0. The second-order valence-corrected chi connectivity index (χ2v) is 7.12. The highest BCUT2D eigenvalue weighted by Gasteiger charge is 2.30. The number of para-hydroxylation sites is 1. The van der Waals surface area contributed by atoms with Crippen LogP contribution in [0.25, 0.3) is 5.69 Å². The Morgan fingerprint density at radius 2 is 1.96 bits per heavy atom. The number of rotatable bonds is 2. The van der Waals surface area contributed by atoms with E-state index in [9.17, 15) is 9.18 Å². The molecule has 0 atom stereocenters. The first kappa shape index (κ1) is 14.8. The molecule has 1 aromatic carbocycles. The van der Waals surface area contributed by atoms with Gasteiger partial charge >= 0.3 is 0 Å². The summed E-state index contributed by atoms with van der Waals surface area (Å²) in [5.74, 6) is 1.64. The van der Waals surface area contributed by atoms with Crippen LogP contribution in [0, 0.1) is 5.82 Å². The maximum atomic E-state index is 14.1. The highest BCUT2D eigenvalue weighted by atomic mass is 32.2. The van der Waals surface area contributed by atoms with Gasteiger partial charge in [-0.05, 0) is 31.4 Å². The van der Waals surface area contributed by atoms with Gasteiger partial charge in [-0.3, -0.25) is 4.79 Å². The van der Waals surface area contributed by atoms with E-state index in [-0.39, 0.29) is 11.7 Å². The van der Waals surface area contributed by atoms with Crippen LogP contribution in [0.15, 0.2) is 24.3 Å². The van der Waals surface area contributed by atoms with Crippen LogP contribution in [0.2, 0.25) is 0 Å². The molecular formula is C17H18FN3OS. The lowest BCUT2D eigenvalue weighted by atomic mass is 10.2. The third kappa shape index (κ3) is 2.55. The Bertz CT molecular complexity index is 752. The van der Waals surface area contributed by atoms with Gasteiger partial charge in [-0.25, -0.2) is 9.07 Å². The van der Waals surface area contributed by atoms with Crippen molar-refractivity contribution >= 4 is 17.7 Å². The molecule has 1 amide bonds. The zero-order valence-electron chi connectivity index (χ0n) is 12.8. The number of benzene rings is 1. The summed E-state index contributed by atoms with van der Waals surface area (Å²) < 4.78 is 15.8. The molecule has 1 saturated heterocycles. The van der Waals surface area contributed by atoms with Gasteiger partial charge in [-0.15, -0.1) is 0 Å². The molecule has 1 aliphatic carbocycles. The summed E-state index contributed by atoms with van der Waals surface area (Å²) in [6.07, 6.45) is 2.70. The smallest absolute Gasteiger partial charge is 0.274 e. The Morgan fingerprint density at radius 1 is 1.17 bits per heavy atom. The lowest BCUT2D eigenvalue weighted by molar-refractivity contribution is 0.0765. The van der Waals surface area contributed by atoms with E-state index in [1.807, 2.05) is 16.7 Å². The Kier molecular flexibility index (Phi) is 3.85. The van der Waals surface area contributed by atoms with E-state index in [0.717, 1.165) is 55.1 Å². The number of fused-ring (bicyclic) bond motifs is 1. The van der Waals surface area contributed by atoms with Crippen molar-refractivity contribution in [3.8, 4) is 5.69 Å². The van der Waals surface area contributed by atoms with Gasteiger partial charge in [0.25, 0.3) is 5.91 Å². The first-order valence-electron chi connectivity index (χ1n) is 7.98. The van der Waals surface area contributed by atoms with Crippen molar-refractivity contribution in [1.29, 1.82) is 0 Å². The molecule has 0 radical (unpaired) electrons. The average molecular weight is 331 g/mol. The minimum absolute atomic E-state index is 0.00135. The molecule has 2 aromatic rings. The quantitative estimate of drug-likeness (QED) is 0.849. The van der Waals surface area contributed by atoms with Crippen molar-refractivity contribution in [2.24, 2.45) is 0 Å². The van der Waals surface area contributed by atoms with Crippen LogP contribution < -0.4 is 0 Å². The fourth-order valence-corrected chi connectivity index (χ4v) is 4.25. The molecule has 0 bridgehead atoms. The molecule has 2 aliphatic rings. The lowest BCUT2D eigenvalue weighted by Crippen LogP contribution is -2.38. The van der Waals surface area contributed by atoms with Crippen molar-refractivity contribution in [3.63, 3.8) is 0 Å². The Morgan fingerprint density at radius 3 is 2.74 bits per heavy atom. The van der Waals surface area contributed by atoms with E-state index in [4.69, 9.17) is 0 Å². The van der Waals surface area contributed by atoms with E-state index < -0.39 is 0 Å². The second-order valence-electron chi connectivity index (χ2n) is 5.90. The molecule has 4 nitrogen and oxygen atoms in total. The number of hydrogen-bond donors (Lipinski definition) is 0. The summed E-state index contributed by atoms with van der Waals surface area (Å²) in [5.41, 5.74) is 2.95. The van der Waals surface area contributed by atoms with E-state index >= 15 is 0 Å². The summed E-state index contributed by atoms with van der Waals surface area (Å²) in [5, 5.41) is 4.52. The molecule has 0 unspecified atom stereocenters. The van der Waals surface area contributed by atoms with Crippen LogP contribution in [0.5, 0.6) is 0 Å². The standard InChI is InChI=1S/C17H18FN3OS/c18-13-5-1-2-6-15(13)21-14-7-3-4-12(14)16(19-21)17(22)20-8-10-23-11-9-20/h1-2,5-6H,3-4,7-11H2. The van der Waals surface area contributed by atoms with E-state index in [1.54, 1.807) is 22.9 Å². The zero-order valence-corrected chi connectivity index (χ0v) is 13.6. The molecule has 0 spiro atoms. The summed E-state index contributed by atoms with van der Waals surface area (Å²) in [4.78, 5) is 14.7. The van der Waals surface area contributed by atoms with Gasteiger partial charge in [0.2, 0.25) is 0 Å². The number of hydrogen-bond acceptors (Lipinski definition) is 3. The molecule has 1 aliphatic heterocycles. The van der Waals surface area contributed by atoms with Crippen molar-refractivity contribution in [2.45, 2.75) is 19.3 Å². The number of nitrogens with zero attached hydrogens (tertiary/aromatic N) is 3. The van der Waals surface area contributed by atoms with E-state index in [2.05, 4.69) is 5.10 Å². The van der Waals surface area contributed by atoms with Gasteiger partial charge in [0, 0.05) is 35.9 Å². The van der Waals surface area contributed by atoms with E-state index in [1.165, 1.54) is 6.07 Å². The molecule has 4 rings (SSSR count). The molecule has 0 N–H and O–H groups in total. The van der Waals surface area contributed by atoms with Crippen molar-refractivity contribution in [2.75, 3.05) is 24.6 Å². The lowest BCUT2D eigenvalue weighted by Gasteiger charge is -2.25. The number of carbonyl (C=O) groups is 1. The SMILES string of the molecule is O=C(c1nn(-c2ccccc2F)c2c1CCC2)N1CCSCC1. The Balaban J connectivity index is 1.76. The second kappa shape index (κ2) is 6.00. The minimum atomic E-state index is -0.307. The minimum Gasteiger partial charge on any atom is -0.336 e. The maximum absolute atomic E-state index is 14.1. The van der Waals surface area contributed by atoms with Crippen LogP contribution >= 0.6 is 11.8 Å². The number of thioether (sulfide) groups is 1. The van der Waals surface area contributed by atoms with Crippen molar-refractivity contribution in [3.05, 3.63) is 47.0 Å². The molecule has 6 heteroatoms. The largest absolute Gasteiger partial charge is 0.336 e. The summed E-state index contributed by atoms with van der Waals surface area (Å²) in [6.45, 7) is 1.54. The normalized spacial score (nSPS) is 17.3. The van der Waals surface area contributed by atoms with Crippen LogP contribution in [-0.4, -0.2) is 45.2 Å². The first-order valence-corrected chi connectivity index (χ1v) is 9.14. The van der Waals surface area contributed by atoms with Gasteiger partial charge in [0.1, 0.15) is 11.5 Å². The predicted octanol–water partition coefficient (Wildman–Crippen LogP) is 2.69. The molecule has 120 valence electrons. The topological polar surface area (TPSA) is 38.1 Å². The summed E-state index contributed by atoms with van der Waals surface area (Å²) >= 11 is 1.87. The number of aromatic nitrogens is 2. The van der Waals surface area contributed by atoms with Crippen LogP contribution in [0.1, 0.15) is 28.2 Å². The Hall–Kier alpha value is -1.82. The first-order chi connectivity index (χ1) is 11.3. The molecular weight excluding hydrogens is 313 g/mol. The molecule has 23 heavy (non-hydrogen) atoms. The monoisotopic (exact) mass is 331 g/mol. The highest BCUT2D eigenvalue weighted by molar-refractivity contribution is 7.99. The maximum Gasteiger partial charge on any atom is 0.274 e. The van der Waals surface area contributed by atoms with Gasteiger partial charge in [0.15, 0.2) is 5.69 Å². The van der Waals surface area contributed by atoms with Gasteiger partial charge in [-0.2, -0.15) is 16.9 Å². The third-order valence-corrected chi connectivity index (χ3v) is 5.45. The van der Waals surface area contributed by atoms with Gasteiger partial charge in [-0.1, -0.05) is 12.1 Å². The highest BCUT2D eigenvalue weighted by Crippen LogP contribution is 2.29. The third-order valence-electron chi connectivity index (χ3n) is 4.51. The van der Waals surface area contributed by atoms with Crippen LogP contribution in [-0.2, 0) is 12.8 Å². The van der Waals surface area contributed by atoms with Crippen LogP contribution in [0.4, 0.5) is 4.39 Å². The van der Waals surface area contributed by atoms with Gasteiger partial charge in [0.05, 0.1) is 0 Å². The van der Waals surface area contributed by atoms with Gasteiger partial charge < -0.3 is 4.90 Å². The zero-order chi connectivity index (χ0) is 15.8. The van der Waals surface area contributed by atoms with Crippen LogP contribution in [0.3, 0.4) is 0 Å². The van der Waals surface area contributed by atoms with Crippen molar-refractivity contribution in [1.82, 2.24) is 14.7 Å². The van der Waals surface area contributed by atoms with Crippen molar-refractivity contribution < 1.29 is 9.18 Å². The molecule has 1 aromatic heterocycles. The fraction of sp³-hybridized carbons (Fsp3) is 0.412. The van der Waals surface area contributed by atoms with E-state index in [0.29, 0.717) is 11.4 Å². The molecule has 2 heterocycles. The summed E-state index contributed by atoms with van der Waals surface area (Å²) in [6, 6.07) is 6.61. The fourth-order valence-electron chi connectivity index (χ4n) is 3.35. The molecule has 1 fully saturated rings. The average Bonchev–Trinajstić information content (AvgIpc) is 3.18. The Labute approximate surface area is 138 Å². The molecule has 0 saturated carbocycles. The predicted molar refractivity (Wildman–Crippen MR) is 88.8 cm³/mol. The number of carbonyl (C=O) groups excluding carboxylic acids is 1. The number of halogens is 1.